The molecular formula is C26H33ClF5N5O5S. The van der Waals surface area contributed by atoms with Crippen molar-refractivity contribution in [2.24, 2.45) is 17.1 Å². The summed E-state index contributed by atoms with van der Waals surface area (Å²) >= 11 is 6.54. The molecule has 3 rings (SSSR count). The van der Waals surface area contributed by atoms with Crippen molar-refractivity contribution in [2.75, 3.05) is 6.54 Å². The molecule has 0 spiro atoms. The molecule has 0 aliphatic heterocycles. The van der Waals surface area contributed by atoms with Gasteiger partial charge in [0.05, 0.1) is 21.4 Å². The van der Waals surface area contributed by atoms with Crippen LogP contribution in [0.3, 0.4) is 0 Å². The van der Waals surface area contributed by atoms with Crippen LogP contribution in [-0.4, -0.2) is 54.7 Å². The van der Waals surface area contributed by atoms with Crippen LogP contribution in [0.15, 0.2) is 18.2 Å². The number of aromatic nitrogens is 2. The topological polar surface area (TPSA) is 145 Å². The van der Waals surface area contributed by atoms with Gasteiger partial charge in [-0.05, 0) is 62.6 Å². The minimum Gasteiger partial charge on any atom is -0.434 e. The molecule has 10 nitrogen and oxygen atoms in total. The maximum atomic E-state index is 13.4. The Hall–Kier alpha value is -3.14. The van der Waals surface area contributed by atoms with E-state index in [0.717, 1.165) is 19.9 Å². The van der Waals surface area contributed by atoms with Crippen LogP contribution in [0.25, 0.3) is 11.3 Å². The Morgan fingerprint density at radius 2 is 1.81 bits per heavy atom. The van der Waals surface area contributed by atoms with Gasteiger partial charge in [0.2, 0.25) is 10.0 Å². The van der Waals surface area contributed by atoms with Crippen LogP contribution in [0.4, 0.5) is 26.7 Å². The smallest absolute Gasteiger partial charge is 0.394 e. The Morgan fingerprint density at radius 1 is 1.19 bits per heavy atom. The predicted octanol–water partition coefficient (Wildman–Crippen LogP) is 5.24. The molecule has 4 N–H and O–H groups in total. The number of urea groups is 1. The second-order valence-electron chi connectivity index (χ2n) is 11.0. The lowest BCUT2D eigenvalue weighted by Gasteiger charge is -2.28. The van der Waals surface area contributed by atoms with Crippen molar-refractivity contribution in [1.82, 2.24) is 19.8 Å². The van der Waals surface area contributed by atoms with Gasteiger partial charge in [-0.15, -0.1) is 0 Å². The van der Waals surface area contributed by atoms with Crippen molar-refractivity contribution in [3.63, 3.8) is 0 Å². The number of sulfonamides is 1. The molecule has 0 radical (unpaired) electrons. The molecule has 1 fully saturated rings. The molecule has 1 aromatic heterocycles. The van der Waals surface area contributed by atoms with Crippen LogP contribution in [0.2, 0.25) is 5.02 Å². The summed E-state index contributed by atoms with van der Waals surface area (Å²) in [6, 6.07) is 2.58. The van der Waals surface area contributed by atoms with E-state index in [4.69, 9.17) is 17.3 Å². The van der Waals surface area contributed by atoms with Gasteiger partial charge in [-0.25, -0.2) is 17.9 Å². The summed E-state index contributed by atoms with van der Waals surface area (Å²) < 4.78 is 99.0. The lowest BCUT2D eigenvalue weighted by molar-refractivity contribution is -0.211. The molecule has 1 aromatic carbocycles. The Bertz CT molecular complexity index is 1440. The van der Waals surface area contributed by atoms with Crippen LogP contribution in [-0.2, 0) is 23.0 Å². The first-order valence-corrected chi connectivity index (χ1v) is 15.3. The molecule has 43 heavy (non-hydrogen) atoms. The Kier molecular flexibility index (Phi) is 10.6. The average molecular weight is 658 g/mol. The highest BCUT2D eigenvalue weighted by Crippen LogP contribution is 2.43. The minimum atomic E-state index is -4.54. The number of nitrogens with one attached hydrogen (secondary N) is 2. The van der Waals surface area contributed by atoms with E-state index in [9.17, 15) is 40.0 Å². The molecule has 1 saturated carbocycles. The molecule has 2 aromatic rings. The highest BCUT2D eigenvalue weighted by atomic mass is 35.5. The first kappa shape index (κ1) is 34.4. The number of rotatable bonds is 11. The Balaban J connectivity index is 1.80. The predicted molar refractivity (Wildman–Crippen MR) is 148 cm³/mol. The molecule has 0 atom stereocenters. The maximum Gasteiger partial charge on any atom is 0.394 e. The average Bonchev–Trinajstić information content (AvgIpc) is 3.21. The van der Waals surface area contributed by atoms with Gasteiger partial charge in [0, 0.05) is 18.7 Å². The molecule has 240 valence electrons. The van der Waals surface area contributed by atoms with E-state index < -0.39 is 57.6 Å². The van der Waals surface area contributed by atoms with Crippen molar-refractivity contribution in [2.45, 2.75) is 77.5 Å². The highest BCUT2D eigenvalue weighted by molar-refractivity contribution is 7.90. The van der Waals surface area contributed by atoms with E-state index in [1.54, 1.807) is 11.6 Å². The number of amides is 3. The van der Waals surface area contributed by atoms with E-state index in [1.807, 2.05) is 0 Å². The van der Waals surface area contributed by atoms with Crippen molar-refractivity contribution >= 4 is 33.6 Å². The van der Waals surface area contributed by atoms with Gasteiger partial charge in [-0.1, -0.05) is 31.5 Å². The second-order valence-corrected chi connectivity index (χ2v) is 13.3. The Morgan fingerprint density at radius 3 is 2.35 bits per heavy atom. The van der Waals surface area contributed by atoms with E-state index >= 15 is 0 Å². The van der Waals surface area contributed by atoms with Crippen LogP contribution in [0, 0.1) is 11.3 Å². The molecule has 3 amide bonds. The lowest BCUT2D eigenvalue weighted by atomic mass is 9.84. The zero-order valence-electron chi connectivity index (χ0n) is 23.6. The fourth-order valence-electron chi connectivity index (χ4n) is 4.94. The molecule has 1 heterocycles. The third-order valence-corrected chi connectivity index (χ3v) is 9.56. The molecule has 0 saturated heterocycles. The first-order chi connectivity index (χ1) is 19.9. The number of nitrogens with zero attached hydrogens (tertiary/aromatic N) is 2. The number of benzene rings is 1. The van der Waals surface area contributed by atoms with Crippen LogP contribution in [0.1, 0.15) is 62.5 Å². The molecule has 0 bridgehead atoms. The van der Waals surface area contributed by atoms with Gasteiger partial charge in [-0.3, -0.25) is 9.48 Å². The third kappa shape index (κ3) is 8.28. The second kappa shape index (κ2) is 13.2. The summed E-state index contributed by atoms with van der Waals surface area (Å²) in [5.74, 6) is -1.16. The quantitative estimate of drug-likeness (QED) is 0.282. The largest absolute Gasteiger partial charge is 0.434 e. The van der Waals surface area contributed by atoms with E-state index in [2.05, 4.69) is 15.2 Å². The summed E-state index contributed by atoms with van der Waals surface area (Å²) in [6.07, 6.45) is -3.65. The summed E-state index contributed by atoms with van der Waals surface area (Å²) in [5, 5.41) is 5.97. The third-order valence-electron chi connectivity index (χ3n) is 7.37. The fraction of sp³-hybridized carbons (Fsp3) is 0.577. The zero-order valence-corrected chi connectivity index (χ0v) is 25.2. The SMILES string of the molecule is CCn1nc(C(=O)NC[C@H]2CC[C@H](S(=O)(=O)NC(N)=O)CC2)c(Cl)c1-c1ccc(CC(C)(C)C(F)(F)F)cc1OC(F)F. The summed E-state index contributed by atoms with van der Waals surface area (Å²) in [5.41, 5.74) is 2.76. The van der Waals surface area contributed by atoms with Gasteiger partial charge in [0.15, 0.2) is 5.69 Å². The number of primary amides is 1. The van der Waals surface area contributed by atoms with E-state index in [1.165, 1.54) is 16.8 Å². The molecule has 1 aliphatic carbocycles. The van der Waals surface area contributed by atoms with Crippen LogP contribution in [0.5, 0.6) is 5.75 Å². The van der Waals surface area contributed by atoms with E-state index in [0.29, 0.717) is 12.8 Å². The lowest BCUT2D eigenvalue weighted by Crippen LogP contribution is -2.43. The number of halogens is 6. The number of hydrogen-bond acceptors (Lipinski definition) is 6. The van der Waals surface area contributed by atoms with Gasteiger partial charge in [0.1, 0.15) is 5.75 Å². The summed E-state index contributed by atoms with van der Waals surface area (Å²) in [4.78, 5) is 24.0. The van der Waals surface area contributed by atoms with Gasteiger partial charge in [-0.2, -0.15) is 27.1 Å². The minimum absolute atomic E-state index is 0.0105. The number of ether oxygens (including phenoxy) is 1. The standard InChI is InChI=1S/C26H33ClF5N5O5S/c1-4-37-21(17-10-7-15(11-18(17)42-23(28)29)12-25(2,3)26(30,31)32)19(27)20(35-37)22(38)34-13-14-5-8-16(9-6-14)43(40,41)36-24(33)39/h7,10-11,14,16,23H,4-6,8-9,12-13H2,1-3H3,(H,34,38)(H3,33,36,39)/t14-,16-. The summed E-state index contributed by atoms with van der Waals surface area (Å²) in [6.45, 7) is 0.706. The number of hydrogen-bond donors (Lipinski definition) is 3. The zero-order chi connectivity index (χ0) is 32.3. The van der Waals surface area contributed by atoms with Gasteiger partial charge >= 0.3 is 18.8 Å². The fourth-order valence-corrected chi connectivity index (χ4v) is 6.60. The van der Waals surface area contributed by atoms with Gasteiger partial charge < -0.3 is 15.8 Å². The first-order valence-electron chi connectivity index (χ1n) is 13.4. The van der Waals surface area contributed by atoms with Crippen molar-refractivity contribution in [1.29, 1.82) is 0 Å². The van der Waals surface area contributed by atoms with Crippen molar-refractivity contribution in [3.8, 4) is 17.0 Å². The van der Waals surface area contributed by atoms with Crippen molar-refractivity contribution < 1.29 is 44.7 Å². The maximum absolute atomic E-state index is 13.4. The number of carbonyl (C=O) groups is 2. The Labute approximate surface area is 250 Å². The molecule has 17 heteroatoms. The monoisotopic (exact) mass is 657 g/mol. The van der Waals surface area contributed by atoms with Gasteiger partial charge in [0.25, 0.3) is 5.91 Å². The summed E-state index contributed by atoms with van der Waals surface area (Å²) in [7, 11) is -3.90. The number of carbonyl (C=O) groups excluding carboxylic acids is 2. The van der Waals surface area contributed by atoms with E-state index in [-0.39, 0.29) is 59.4 Å². The number of nitrogens with two attached hydrogens (primary N) is 1. The normalized spacial score (nSPS) is 18.0. The highest BCUT2D eigenvalue weighted by Gasteiger charge is 2.47. The number of aryl methyl sites for hydroxylation is 1. The van der Waals surface area contributed by atoms with Crippen LogP contribution >= 0.6 is 11.6 Å². The molecule has 0 unspecified atom stereocenters. The molecule has 1 aliphatic rings. The number of alkyl halides is 5. The molecular weight excluding hydrogens is 625 g/mol. The van der Waals surface area contributed by atoms with Crippen molar-refractivity contribution in [3.05, 3.63) is 34.5 Å². The van der Waals surface area contributed by atoms with Crippen LogP contribution < -0.4 is 20.5 Å².